The summed E-state index contributed by atoms with van der Waals surface area (Å²) in [5.41, 5.74) is 0. The van der Waals surface area contributed by atoms with Crippen LogP contribution in [0.2, 0.25) is 0 Å². The zero-order valence-electron chi connectivity index (χ0n) is 16.6. The van der Waals surface area contributed by atoms with E-state index in [1.807, 2.05) is 9.80 Å². The number of nitrogens with one attached hydrogen (secondary N) is 1. The SMILES string of the molecule is O=C(N1CCOCC1)N1CCN(c2ccc(S(=O)(=O)NC3CCCC3)cn2)CC1. The van der Waals surface area contributed by atoms with E-state index in [-0.39, 0.29) is 17.0 Å². The van der Waals surface area contributed by atoms with E-state index in [1.165, 1.54) is 6.20 Å². The van der Waals surface area contributed by atoms with Crippen molar-refractivity contribution in [3.05, 3.63) is 18.3 Å². The standard InChI is InChI=1S/C19H29N5O4S/c25-19(24-11-13-28-14-12-24)23-9-7-22(8-10-23)18-6-5-17(15-20-18)29(26,27)21-16-3-1-2-4-16/h5-6,15-16,21H,1-4,7-14H2. The summed E-state index contributed by atoms with van der Waals surface area (Å²) < 4.78 is 33.1. The molecule has 2 aliphatic heterocycles. The van der Waals surface area contributed by atoms with Crippen LogP contribution in [0.15, 0.2) is 23.2 Å². The predicted molar refractivity (Wildman–Crippen MR) is 108 cm³/mol. The largest absolute Gasteiger partial charge is 0.378 e. The highest BCUT2D eigenvalue weighted by Gasteiger charge is 2.27. The summed E-state index contributed by atoms with van der Waals surface area (Å²) in [6.07, 6.45) is 5.38. The smallest absolute Gasteiger partial charge is 0.320 e. The zero-order chi connectivity index (χ0) is 20.3. The first-order chi connectivity index (χ1) is 14.0. The lowest BCUT2D eigenvalue weighted by Gasteiger charge is -2.38. The van der Waals surface area contributed by atoms with Crippen molar-refractivity contribution in [1.82, 2.24) is 19.5 Å². The molecule has 1 N–H and O–H groups in total. The van der Waals surface area contributed by atoms with E-state index >= 15 is 0 Å². The number of morpholine rings is 1. The normalized spacial score (nSPS) is 21.6. The lowest BCUT2D eigenvalue weighted by atomic mass is 10.3. The third kappa shape index (κ3) is 4.81. The molecule has 29 heavy (non-hydrogen) atoms. The lowest BCUT2D eigenvalue weighted by molar-refractivity contribution is 0.0428. The maximum Gasteiger partial charge on any atom is 0.320 e. The van der Waals surface area contributed by atoms with Crippen LogP contribution in [0, 0.1) is 0 Å². The van der Waals surface area contributed by atoms with Crippen LogP contribution in [0.25, 0.3) is 0 Å². The second-order valence-corrected chi connectivity index (χ2v) is 9.52. The number of amides is 2. The number of carbonyl (C=O) groups excluding carboxylic acids is 1. The number of pyridine rings is 1. The minimum Gasteiger partial charge on any atom is -0.378 e. The predicted octanol–water partition coefficient (Wildman–Crippen LogP) is 0.877. The molecule has 1 aromatic rings. The van der Waals surface area contributed by atoms with Gasteiger partial charge in [-0.05, 0) is 25.0 Å². The highest BCUT2D eigenvalue weighted by molar-refractivity contribution is 7.89. The quantitative estimate of drug-likeness (QED) is 0.772. The average Bonchev–Trinajstić information content (AvgIpc) is 3.26. The Morgan fingerprint density at radius 3 is 2.28 bits per heavy atom. The Kier molecular flexibility index (Phi) is 6.21. The number of nitrogens with zero attached hydrogens (tertiary/aromatic N) is 4. The Balaban J connectivity index is 1.32. The Labute approximate surface area is 172 Å². The number of ether oxygens (including phenoxy) is 1. The van der Waals surface area contributed by atoms with Gasteiger partial charge in [-0.25, -0.2) is 22.9 Å². The molecular weight excluding hydrogens is 394 g/mol. The number of piperazine rings is 1. The van der Waals surface area contributed by atoms with Crippen molar-refractivity contribution < 1.29 is 17.9 Å². The van der Waals surface area contributed by atoms with Gasteiger partial charge in [0.15, 0.2) is 0 Å². The Bertz CT molecular complexity index is 796. The second kappa shape index (κ2) is 8.85. The number of anilines is 1. The molecule has 3 heterocycles. The van der Waals surface area contributed by atoms with E-state index < -0.39 is 10.0 Å². The third-order valence-electron chi connectivity index (χ3n) is 5.86. The number of rotatable bonds is 4. The van der Waals surface area contributed by atoms with Crippen LogP contribution in [0.5, 0.6) is 0 Å². The monoisotopic (exact) mass is 423 g/mol. The van der Waals surface area contributed by atoms with E-state index in [1.54, 1.807) is 12.1 Å². The maximum atomic E-state index is 12.6. The van der Waals surface area contributed by atoms with Gasteiger partial charge in [-0.1, -0.05) is 12.8 Å². The lowest BCUT2D eigenvalue weighted by Crippen LogP contribution is -2.55. The van der Waals surface area contributed by atoms with E-state index in [4.69, 9.17) is 4.74 Å². The summed E-state index contributed by atoms with van der Waals surface area (Å²) >= 11 is 0. The minimum atomic E-state index is -3.52. The molecular formula is C19H29N5O4S. The molecule has 10 heteroatoms. The summed E-state index contributed by atoms with van der Waals surface area (Å²) in [4.78, 5) is 23.0. The van der Waals surface area contributed by atoms with Crippen LogP contribution in [-0.2, 0) is 14.8 Å². The van der Waals surface area contributed by atoms with Crippen molar-refractivity contribution in [2.75, 3.05) is 57.4 Å². The maximum absolute atomic E-state index is 12.6. The minimum absolute atomic E-state index is 0.0387. The molecule has 1 saturated carbocycles. The van der Waals surface area contributed by atoms with Gasteiger partial charge in [0.2, 0.25) is 10.0 Å². The highest BCUT2D eigenvalue weighted by Crippen LogP contribution is 2.21. The number of urea groups is 1. The molecule has 4 rings (SSSR count). The van der Waals surface area contributed by atoms with Gasteiger partial charge >= 0.3 is 6.03 Å². The fraction of sp³-hybridized carbons (Fsp3) is 0.684. The molecule has 1 aromatic heterocycles. The van der Waals surface area contributed by atoms with Gasteiger partial charge in [0.25, 0.3) is 0 Å². The summed E-state index contributed by atoms with van der Waals surface area (Å²) in [5.74, 6) is 0.739. The molecule has 0 aromatic carbocycles. The van der Waals surface area contributed by atoms with E-state index in [0.29, 0.717) is 52.5 Å². The van der Waals surface area contributed by atoms with Crippen molar-refractivity contribution >= 4 is 21.9 Å². The first-order valence-electron chi connectivity index (χ1n) is 10.4. The number of hydrogen-bond acceptors (Lipinski definition) is 6. The van der Waals surface area contributed by atoms with E-state index in [9.17, 15) is 13.2 Å². The third-order valence-corrected chi connectivity index (χ3v) is 7.37. The van der Waals surface area contributed by atoms with Crippen molar-refractivity contribution in [2.24, 2.45) is 0 Å². The molecule has 9 nitrogen and oxygen atoms in total. The van der Waals surface area contributed by atoms with Crippen molar-refractivity contribution in [3.8, 4) is 0 Å². The number of hydrogen-bond donors (Lipinski definition) is 1. The van der Waals surface area contributed by atoms with E-state index in [2.05, 4.69) is 14.6 Å². The van der Waals surface area contributed by atoms with Gasteiger partial charge in [-0.15, -0.1) is 0 Å². The van der Waals surface area contributed by atoms with Crippen LogP contribution in [0.4, 0.5) is 10.6 Å². The molecule has 2 amide bonds. The highest BCUT2D eigenvalue weighted by atomic mass is 32.2. The molecule has 0 atom stereocenters. The van der Waals surface area contributed by atoms with Crippen LogP contribution >= 0.6 is 0 Å². The molecule has 160 valence electrons. The summed E-state index contributed by atoms with van der Waals surface area (Å²) in [6.45, 7) is 5.09. The van der Waals surface area contributed by atoms with Crippen LogP contribution in [0.1, 0.15) is 25.7 Å². The fourth-order valence-electron chi connectivity index (χ4n) is 4.13. The first-order valence-corrected chi connectivity index (χ1v) is 11.9. The zero-order valence-corrected chi connectivity index (χ0v) is 17.4. The van der Waals surface area contributed by atoms with Gasteiger partial charge in [0.05, 0.1) is 13.2 Å². The molecule has 0 bridgehead atoms. The van der Waals surface area contributed by atoms with Gasteiger partial charge in [0, 0.05) is 51.5 Å². The molecule has 0 unspecified atom stereocenters. The molecule has 2 saturated heterocycles. The molecule has 0 spiro atoms. The van der Waals surface area contributed by atoms with Crippen molar-refractivity contribution in [3.63, 3.8) is 0 Å². The second-order valence-electron chi connectivity index (χ2n) is 7.81. The van der Waals surface area contributed by atoms with Crippen molar-refractivity contribution in [2.45, 2.75) is 36.6 Å². The van der Waals surface area contributed by atoms with Gasteiger partial charge in [0.1, 0.15) is 10.7 Å². The van der Waals surface area contributed by atoms with Crippen LogP contribution in [-0.4, -0.2) is 87.8 Å². The fourth-order valence-corrected chi connectivity index (χ4v) is 5.38. The topological polar surface area (TPSA) is 95.1 Å². The van der Waals surface area contributed by atoms with Gasteiger partial charge in [-0.2, -0.15) is 0 Å². The Morgan fingerprint density at radius 1 is 1.00 bits per heavy atom. The van der Waals surface area contributed by atoms with Gasteiger partial charge < -0.3 is 19.4 Å². The molecule has 3 fully saturated rings. The van der Waals surface area contributed by atoms with Gasteiger partial charge in [-0.3, -0.25) is 0 Å². The number of sulfonamides is 1. The molecule has 1 aliphatic carbocycles. The van der Waals surface area contributed by atoms with Crippen LogP contribution < -0.4 is 9.62 Å². The molecule has 3 aliphatic rings. The van der Waals surface area contributed by atoms with Crippen LogP contribution in [0.3, 0.4) is 0 Å². The number of aromatic nitrogens is 1. The average molecular weight is 424 g/mol. The first kappa shape index (κ1) is 20.4. The number of carbonyl (C=O) groups is 1. The summed E-state index contributed by atoms with van der Waals surface area (Å²) in [6, 6.07) is 3.48. The van der Waals surface area contributed by atoms with Crippen molar-refractivity contribution in [1.29, 1.82) is 0 Å². The molecule has 0 radical (unpaired) electrons. The summed E-state index contributed by atoms with van der Waals surface area (Å²) in [5, 5.41) is 0. The summed E-state index contributed by atoms with van der Waals surface area (Å²) in [7, 11) is -3.52. The Hall–Kier alpha value is -1.91. The van der Waals surface area contributed by atoms with E-state index in [0.717, 1.165) is 31.5 Å². The Morgan fingerprint density at radius 2 is 1.66 bits per heavy atom.